The lowest BCUT2D eigenvalue weighted by atomic mass is 10.6. The van der Waals surface area contributed by atoms with Crippen LogP contribution in [0.3, 0.4) is 0 Å². The smallest absolute Gasteiger partial charge is 0.397 e. The highest BCUT2D eigenvalue weighted by Crippen LogP contribution is 2.17. The lowest BCUT2D eigenvalue weighted by Gasteiger charge is -2.24. The molecule has 0 N–H and O–H groups in total. The van der Waals surface area contributed by atoms with Gasteiger partial charge in [-0.15, -0.1) is 0 Å². The van der Waals surface area contributed by atoms with Crippen molar-refractivity contribution in [2.24, 2.45) is 0 Å². The van der Waals surface area contributed by atoms with Crippen molar-refractivity contribution in [1.82, 2.24) is 4.90 Å². The van der Waals surface area contributed by atoms with Crippen LogP contribution < -0.4 is 0 Å². The Balaban J connectivity index is 3.73. The van der Waals surface area contributed by atoms with Gasteiger partial charge in [-0.2, -0.15) is 0 Å². The Bertz CT molecular complexity index is 219. The quantitative estimate of drug-likeness (QED) is 0.293. The van der Waals surface area contributed by atoms with Gasteiger partial charge in [0.2, 0.25) is 0 Å². The summed E-state index contributed by atoms with van der Waals surface area (Å²) < 4.78 is 21.2. The van der Waals surface area contributed by atoms with Crippen molar-refractivity contribution in [3.05, 3.63) is 0 Å². The van der Waals surface area contributed by atoms with Crippen LogP contribution in [0, 0.1) is 0 Å². The molecule has 0 amide bonds. The fourth-order valence-corrected chi connectivity index (χ4v) is 3.79. The molecule has 0 saturated heterocycles. The molecule has 0 unspecified atom stereocenters. The SMILES string of the molecule is CO[Si](CCCSOC(=S)N(C)C)(OC)OC. The highest BCUT2D eigenvalue weighted by Gasteiger charge is 2.36. The topological polar surface area (TPSA) is 40.2 Å². The van der Waals surface area contributed by atoms with Crippen LogP contribution in [0.5, 0.6) is 0 Å². The minimum Gasteiger partial charge on any atom is -0.397 e. The van der Waals surface area contributed by atoms with Crippen LogP contribution in [0.1, 0.15) is 6.42 Å². The normalized spacial score (nSPS) is 11.4. The molecule has 0 bridgehead atoms. The van der Waals surface area contributed by atoms with Gasteiger partial charge in [-0.25, -0.2) is 0 Å². The lowest BCUT2D eigenvalue weighted by Crippen LogP contribution is -2.42. The van der Waals surface area contributed by atoms with Crippen molar-refractivity contribution < 1.29 is 17.5 Å². The van der Waals surface area contributed by atoms with Gasteiger partial charge in [-0.05, 0) is 18.6 Å². The molecular weight excluding hydrogens is 278 g/mol. The highest BCUT2D eigenvalue weighted by molar-refractivity contribution is 7.95. The predicted molar refractivity (Wildman–Crippen MR) is 76.0 cm³/mol. The van der Waals surface area contributed by atoms with Gasteiger partial charge in [-0.3, -0.25) is 0 Å². The van der Waals surface area contributed by atoms with Crippen LogP contribution in [0.15, 0.2) is 0 Å². The van der Waals surface area contributed by atoms with E-state index in [0.29, 0.717) is 5.17 Å². The molecule has 0 atom stereocenters. The summed E-state index contributed by atoms with van der Waals surface area (Å²) in [5, 5.41) is 0.476. The van der Waals surface area contributed by atoms with Crippen molar-refractivity contribution in [2.75, 3.05) is 41.2 Å². The molecule has 0 aliphatic heterocycles. The summed E-state index contributed by atoms with van der Waals surface area (Å²) in [6.45, 7) is 0. The summed E-state index contributed by atoms with van der Waals surface area (Å²) in [4.78, 5) is 1.75. The van der Waals surface area contributed by atoms with Crippen molar-refractivity contribution in [3.8, 4) is 0 Å². The second-order valence-electron chi connectivity index (χ2n) is 3.46. The standard InChI is InChI=1S/C9H21NO4S2Si/c1-10(2)9(15)14-16-7-6-8-17(11-3,12-4)13-5/h6-8H2,1-5H3. The highest BCUT2D eigenvalue weighted by atomic mass is 32.2. The first-order valence-corrected chi connectivity index (χ1v) is 8.42. The molecule has 0 rings (SSSR count). The van der Waals surface area contributed by atoms with E-state index in [1.54, 1.807) is 26.2 Å². The monoisotopic (exact) mass is 299 g/mol. The van der Waals surface area contributed by atoms with Gasteiger partial charge in [-0.1, -0.05) is 0 Å². The molecule has 0 spiro atoms. The molecule has 5 nitrogen and oxygen atoms in total. The molecule has 17 heavy (non-hydrogen) atoms. The van der Waals surface area contributed by atoms with Gasteiger partial charge in [0.15, 0.2) is 0 Å². The fraction of sp³-hybridized carbons (Fsp3) is 0.889. The molecule has 8 heteroatoms. The molecule has 0 radical (unpaired) electrons. The van der Waals surface area contributed by atoms with Gasteiger partial charge in [0.25, 0.3) is 5.17 Å². The summed E-state index contributed by atoms with van der Waals surface area (Å²) in [5.74, 6) is 0.818. The van der Waals surface area contributed by atoms with E-state index in [1.165, 1.54) is 12.0 Å². The van der Waals surface area contributed by atoms with E-state index in [4.69, 9.17) is 29.7 Å². The van der Waals surface area contributed by atoms with E-state index in [2.05, 4.69) is 0 Å². The number of rotatable bonds is 8. The second kappa shape index (κ2) is 9.12. The van der Waals surface area contributed by atoms with Gasteiger partial charge in [0, 0.05) is 47.2 Å². The summed E-state index contributed by atoms with van der Waals surface area (Å²) in [6, 6.07) is 0.765. The summed E-state index contributed by atoms with van der Waals surface area (Å²) in [6.07, 6.45) is 0.891. The average Bonchev–Trinajstić information content (AvgIpc) is 2.34. The third-order valence-electron chi connectivity index (χ3n) is 2.14. The average molecular weight is 299 g/mol. The van der Waals surface area contributed by atoms with Crippen LogP contribution in [-0.2, 0) is 17.5 Å². The zero-order chi connectivity index (χ0) is 13.3. The molecule has 0 fully saturated rings. The van der Waals surface area contributed by atoms with E-state index in [9.17, 15) is 0 Å². The minimum absolute atomic E-state index is 0.476. The first-order chi connectivity index (χ1) is 8.01. The van der Waals surface area contributed by atoms with Crippen molar-refractivity contribution >= 4 is 38.2 Å². The molecule has 0 aliphatic carbocycles. The molecular formula is C9H21NO4S2Si. The number of hydrogen-bond acceptors (Lipinski definition) is 6. The van der Waals surface area contributed by atoms with Crippen LogP contribution in [0.4, 0.5) is 0 Å². The predicted octanol–water partition coefficient (Wildman–Crippen LogP) is 1.77. The fourth-order valence-electron chi connectivity index (χ4n) is 1.07. The molecule has 0 saturated carbocycles. The van der Waals surface area contributed by atoms with Crippen molar-refractivity contribution in [3.63, 3.8) is 0 Å². The number of nitrogens with zero attached hydrogens (tertiary/aromatic N) is 1. The summed E-state index contributed by atoms with van der Waals surface area (Å²) >= 11 is 6.32. The maximum atomic E-state index is 5.31. The Hall–Kier alpha value is 0.137. The van der Waals surface area contributed by atoms with Gasteiger partial charge < -0.3 is 22.4 Å². The number of hydrogen-bond donors (Lipinski definition) is 0. The largest absolute Gasteiger partial charge is 0.500 e. The van der Waals surface area contributed by atoms with E-state index in [0.717, 1.165) is 18.2 Å². The third kappa shape index (κ3) is 6.58. The Kier molecular flexibility index (Phi) is 9.19. The Labute approximate surface area is 114 Å². The van der Waals surface area contributed by atoms with Gasteiger partial charge in [0.05, 0.1) is 12.0 Å². The molecule has 0 heterocycles. The van der Waals surface area contributed by atoms with Crippen LogP contribution in [-0.4, -0.2) is 60.1 Å². The van der Waals surface area contributed by atoms with E-state index < -0.39 is 8.80 Å². The van der Waals surface area contributed by atoms with Gasteiger partial charge >= 0.3 is 8.80 Å². The zero-order valence-corrected chi connectivity index (χ0v) is 13.7. The maximum absolute atomic E-state index is 5.31. The van der Waals surface area contributed by atoms with Crippen molar-refractivity contribution in [1.29, 1.82) is 0 Å². The first-order valence-electron chi connectivity index (χ1n) is 5.17. The Morgan fingerprint density at radius 3 is 2.12 bits per heavy atom. The molecule has 0 aromatic carbocycles. The molecule has 102 valence electrons. The maximum Gasteiger partial charge on any atom is 0.500 e. The van der Waals surface area contributed by atoms with Crippen LogP contribution in [0.2, 0.25) is 6.04 Å². The second-order valence-corrected chi connectivity index (χ2v) is 7.72. The van der Waals surface area contributed by atoms with Crippen molar-refractivity contribution in [2.45, 2.75) is 12.5 Å². The lowest BCUT2D eigenvalue weighted by molar-refractivity contribution is 0.123. The van der Waals surface area contributed by atoms with E-state index in [-0.39, 0.29) is 0 Å². The minimum atomic E-state index is -2.43. The van der Waals surface area contributed by atoms with Crippen LogP contribution >= 0.6 is 24.3 Å². The van der Waals surface area contributed by atoms with Crippen LogP contribution in [0.25, 0.3) is 0 Å². The third-order valence-corrected chi connectivity index (χ3v) is 6.26. The molecule has 0 aliphatic rings. The first kappa shape index (κ1) is 17.1. The van der Waals surface area contributed by atoms with Gasteiger partial charge in [0.1, 0.15) is 0 Å². The zero-order valence-electron chi connectivity index (χ0n) is 11.0. The van der Waals surface area contributed by atoms with E-state index in [1.807, 2.05) is 14.1 Å². The number of thiocarbonyl (C=S) groups is 1. The molecule has 0 aromatic rings. The molecule has 0 aromatic heterocycles. The Morgan fingerprint density at radius 2 is 1.71 bits per heavy atom. The van der Waals surface area contributed by atoms with E-state index >= 15 is 0 Å². The Morgan fingerprint density at radius 1 is 1.18 bits per heavy atom. The summed E-state index contributed by atoms with van der Waals surface area (Å²) in [7, 11) is 6.11. The summed E-state index contributed by atoms with van der Waals surface area (Å²) in [5.41, 5.74) is 0.